The maximum Gasteiger partial charge on any atom is 0.315 e. The van der Waals surface area contributed by atoms with E-state index in [0.29, 0.717) is 93.9 Å². The number of rotatable bonds is 28. The van der Waals surface area contributed by atoms with Crippen molar-refractivity contribution >= 4 is 69.1 Å². The molecule has 4 heterocycles. The lowest BCUT2D eigenvalue weighted by Gasteiger charge is -2.32. The van der Waals surface area contributed by atoms with Crippen LogP contribution in [0, 0.1) is 17.3 Å². The third kappa shape index (κ3) is 17.9. The highest BCUT2D eigenvalue weighted by atomic mass is 32.2. The summed E-state index contributed by atoms with van der Waals surface area (Å²) in [4.78, 5) is 98.7. The molecule has 0 radical (unpaired) electrons. The maximum atomic E-state index is 14.3. The fraction of sp³-hybridized carbons (Fsp3) is 0.709. The number of carbonyl (C=O) groups excluding carboxylic acids is 7. The normalized spacial score (nSPS) is 23.6. The van der Waals surface area contributed by atoms with E-state index in [2.05, 4.69) is 78.0 Å². The van der Waals surface area contributed by atoms with Crippen LogP contribution in [0.5, 0.6) is 0 Å². The van der Waals surface area contributed by atoms with Crippen LogP contribution >= 0.6 is 11.8 Å². The van der Waals surface area contributed by atoms with Gasteiger partial charge >= 0.3 is 6.03 Å². The largest absolute Gasteiger partial charge is 0.368 e. The van der Waals surface area contributed by atoms with Crippen molar-refractivity contribution in [3.63, 3.8) is 0 Å². The summed E-state index contributed by atoms with van der Waals surface area (Å²) in [5.41, 5.74) is 6.81. The first kappa shape index (κ1) is 60.9. The van der Waals surface area contributed by atoms with Crippen molar-refractivity contribution in [2.24, 2.45) is 28.0 Å². The summed E-state index contributed by atoms with van der Waals surface area (Å²) in [6.45, 7) is 8.10. The Morgan fingerprint density at radius 3 is 2.43 bits per heavy atom. The van der Waals surface area contributed by atoms with Crippen LogP contribution in [-0.4, -0.2) is 131 Å². The summed E-state index contributed by atoms with van der Waals surface area (Å²) in [7, 11) is -3.90. The van der Waals surface area contributed by atoms with Crippen molar-refractivity contribution in [1.82, 2.24) is 56.9 Å². The number of thioether (sulfide) groups is 1. The number of benzene rings is 1. The topological polar surface area (TPSA) is 319 Å². The molecular weight excluding hydrogens is 1050 g/mol. The average Bonchev–Trinajstić information content (AvgIpc) is 4.30. The molecule has 1 aromatic carbocycles. The Morgan fingerprint density at radius 1 is 0.886 bits per heavy atom. The summed E-state index contributed by atoms with van der Waals surface area (Å²) in [6, 6.07) is 1.90. The lowest BCUT2D eigenvalue weighted by Crippen LogP contribution is -2.58. The van der Waals surface area contributed by atoms with Crippen LogP contribution in [0.3, 0.4) is 0 Å². The zero-order chi connectivity index (χ0) is 56.7. The Kier molecular flexibility index (Phi) is 22.0. The molecule has 10 N–H and O–H groups in total. The van der Waals surface area contributed by atoms with Crippen molar-refractivity contribution in [2.45, 2.75) is 215 Å². The van der Waals surface area contributed by atoms with Crippen molar-refractivity contribution < 1.29 is 42.0 Å². The number of primary amides is 1. The molecule has 2 aromatic rings. The Hall–Kier alpha value is -5.78. The highest BCUT2D eigenvalue weighted by Crippen LogP contribution is 2.34. The number of amidine groups is 1. The molecule has 24 heteroatoms. The number of amides is 8. The molecule has 3 aliphatic heterocycles. The first-order chi connectivity index (χ1) is 37.8. The molecule has 22 nitrogen and oxygen atoms in total. The third-order valence-electron chi connectivity index (χ3n) is 15.8. The van der Waals surface area contributed by atoms with Crippen molar-refractivity contribution in [3.8, 4) is 0 Å². The fourth-order valence-electron chi connectivity index (χ4n) is 11.5. The second kappa shape index (κ2) is 28.6. The molecule has 2 aliphatic carbocycles. The van der Waals surface area contributed by atoms with Crippen LogP contribution in [-0.2, 0) is 45.2 Å². The lowest BCUT2D eigenvalue weighted by molar-refractivity contribution is -0.134. The highest BCUT2D eigenvalue weighted by Gasteiger charge is 2.43. The van der Waals surface area contributed by atoms with E-state index in [0.717, 1.165) is 43.6 Å². The molecular formula is C55H85N13O9S2. The molecule has 9 atom stereocenters. The molecule has 8 amide bonds. The van der Waals surface area contributed by atoms with E-state index in [1.807, 2.05) is 24.9 Å². The van der Waals surface area contributed by atoms with Gasteiger partial charge in [0, 0.05) is 54.2 Å². The summed E-state index contributed by atoms with van der Waals surface area (Å²) in [5.74, 6) is -2.11. The Labute approximate surface area is 469 Å². The van der Waals surface area contributed by atoms with E-state index < -0.39 is 70.3 Å². The van der Waals surface area contributed by atoms with Gasteiger partial charge in [0.25, 0.3) is 10.0 Å². The number of sulfonamides is 1. The minimum atomic E-state index is -3.90. The summed E-state index contributed by atoms with van der Waals surface area (Å²) in [6.07, 6.45) is 16.7. The molecule has 6 unspecified atom stereocenters. The van der Waals surface area contributed by atoms with E-state index in [4.69, 9.17) is 5.73 Å². The van der Waals surface area contributed by atoms with E-state index in [1.165, 1.54) is 25.3 Å². The first-order valence-corrected chi connectivity index (χ1v) is 31.3. The lowest BCUT2D eigenvalue weighted by atomic mass is 9.84. The predicted octanol–water partition coefficient (Wildman–Crippen LogP) is 3.93. The summed E-state index contributed by atoms with van der Waals surface area (Å²) in [5, 5.41) is 29.6. The Morgan fingerprint density at radius 2 is 1.67 bits per heavy atom. The highest BCUT2D eigenvalue weighted by molar-refractivity contribution is 8.00. The minimum Gasteiger partial charge on any atom is -0.368 e. The van der Waals surface area contributed by atoms with Crippen LogP contribution in [0.15, 0.2) is 40.4 Å². The fourth-order valence-corrected chi connectivity index (χ4v) is 14.3. The zero-order valence-corrected chi connectivity index (χ0v) is 48.1. The van der Waals surface area contributed by atoms with Crippen molar-refractivity contribution in [1.29, 1.82) is 0 Å². The van der Waals surface area contributed by atoms with Crippen LogP contribution < -0.4 is 47.7 Å². The van der Waals surface area contributed by atoms with Gasteiger partial charge in [-0.05, 0) is 94.1 Å². The predicted molar refractivity (Wildman–Crippen MR) is 301 cm³/mol. The van der Waals surface area contributed by atoms with Gasteiger partial charge in [-0.1, -0.05) is 103 Å². The number of nitrogens with two attached hydrogens (primary N) is 1. The van der Waals surface area contributed by atoms with Gasteiger partial charge in [-0.2, -0.15) is 11.8 Å². The van der Waals surface area contributed by atoms with Gasteiger partial charge in [-0.25, -0.2) is 17.9 Å². The van der Waals surface area contributed by atoms with E-state index in [-0.39, 0.29) is 65.0 Å². The molecule has 7 rings (SSSR count). The number of aromatic nitrogens is 3. The minimum absolute atomic E-state index is 0.0229. The van der Waals surface area contributed by atoms with E-state index in [9.17, 15) is 42.0 Å². The summed E-state index contributed by atoms with van der Waals surface area (Å²) >= 11 is 1.84. The van der Waals surface area contributed by atoms with Crippen molar-refractivity contribution in [2.75, 3.05) is 18.8 Å². The van der Waals surface area contributed by atoms with Gasteiger partial charge in [0.15, 0.2) is 0 Å². The SMILES string of the molecule is CCCCC(N=C1NS(=O)(=O)c2ccccc21)C(=O)NC[C@@H](NC(=O)C1CCCC(NC(=O)[C@H](CC(C)(C)C)n2cc(CC3CCCCC3)nn2)C1)C(=O)NC(CCCCNC(=O)CCCC[C@@H]1SCC2NC(=O)NC21)C(N)=O. The second-order valence-corrected chi connectivity index (χ2v) is 26.4. The number of hydrogen-bond donors (Lipinski definition) is 9. The quantitative estimate of drug-likeness (QED) is 0.0433. The molecule has 1 aromatic heterocycles. The number of unbranched alkanes of at least 4 members (excludes halogenated alkanes) is 3. The van der Waals surface area contributed by atoms with Gasteiger partial charge in [0.1, 0.15) is 30.0 Å². The molecule has 0 bridgehead atoms. The Bertz CT molecular complexity index is 2600. The van der Waals surface area contributed by atoms with Gasteiger partial charge < -0.3 is 43.0 Å². The monoisotopic (exact) mass is 1140 g/mol. The smallest absolute Gasteiger partial charge is 0.315 e. The van der Waals surface area contributed by atoms with Gasteiger partial charge in [-0.3, -0.25) is 38.5 Å². The standard InChI is InChI=1S/C55H85N13O9S2/c1-5-6-22-40(60-49-38-21-10-12-25-45(38)79(76,77)66-49)51(72)58-31-41(52(73)61-39(48(56)70)23-14-15-27-57-46(69)26-13-11-24-44-47-42(33-78-44)63-54(75)64-47)62-50(71)35-19-16-20-36(29-35)59-53(74)43(30-55(2,3)4)68-32-37(65-67-68)28-34-17-8-7-9-18-34/h10,12,21,25,32,34-36,39-44,47H,5-9,11,13-20,22-24,26-31,33H2,1-4H3,(H2,56,70)(H,57,69)(H,58,72)(H,59,74)(H,60,66)(H,61,73)(H,62,71)(H2,63,64,75)/t35?,36?,39?,40?,41-,42?,43+,44+,47?/m1/s1. The average molecular weight is 1140 g/mol. The molecule has 2 saturated heterocycles. The van der Waals surface area contributed by atoms with Crippen LogP contribution in [0.25, 0.3) is 0 Å². The number of carbonyl (C=O) groups is 7. The number of urea groups is 1. The molecule has 436 valence electrons. The summed E-state index contributed by atoms with van der Waals surface area (Å²) < 4.78 is 30.0. The number of nitrogens with zero attached hydrogens (tertiary/aromatic N) is 4. The van der Waals surface area contributed by atoms with Gasteiger partial charge in [-0.15, -0.1) is 5.10 Å². The first-order valence-electron chi connectivity index (χ1n) is 28.8. The maximum absolute atomic E-state index is 14.3. The van der Waals surface area contributed by atoms with E-state index >= 15 is 0 Å². The van der Waals surface area contributed by atoms with Gasteiger partial charge in [0.05, 0.1) is 22.7 Å². The molecule has 5 aliphatic rings. The van der Waals surface area contributed by atoms with Crippen LogP contribution in [0.1, 0.15) is 173 Å². The molecule has 4 fully saturated rings. The number of nitrogens with one attached hydrogen (secondary N) is 8. The number of fused-ring (bicyclic) bond motifs is 2. The third-order valence-corrected chi connectivity index (χ3v) is 18.7. The molecule has 0 spiro atoms. The van der Waals surface area contributed by atoms with Crippen molar-refractivity contribution in [3.05, 3.63) is 41.7 Å². The van der Waals surface area contributed by atoms with Gasteiger partial charge in [0.2, 0.25) is 35.4 Å². The van der Waals surface area contributed by atoms with Crippen LogP contribution in [0.4, 0.5) is 4.79 Å². The van der Waals surface area contributed by atoms with E-state index in [1.54, 1.807) is 22.9 Å². The molecule has 2 saturated carbocycles. The second-order valence-electron chi connectivity index (χ2n) is 23.5. The number of hydrogen-bond acceptors (Lipinski definition) is 13. The van der Waals surface area contributed by atoms with Crippen LogP contribution in [0.2, 0.25) is 0 Å². The number of aliphatic imine (C=N–C) groups is 1. The Balaban J connectivity index is 0.966. The molecule has 79 heavy (non-hydrogen) atoms. The zero-order valence-electron chi connectivity index (χ0n) is 46.5.